The molecule has 0 N–H and O–H groups in total. The minimum absolute atomic E-state index is 0.0620. The average molecular weight is 428 g/mol. The lowest BCUT2D eigenvalue weighted by atomic mass is 9.87. The van der Waals surface area contributed by atoms with Crippen LogP contribution in [0, 0.1) is 0 Å². The van der Waals surface area contributed by atoms with Gasteiger partial charge in [-0.2, -0.15) is 0 Å². The quantitative estimate of drug-likeness (QED) is 0.357. The minimum atomic E-state index is -0.0620. The summed E-state index contributed by atoms with van der Waals surface area (Å²) in [5.74, 6) is 1.54. The summed E-state index contributed by atoms with van der Waals surface area (Å²) in [6, 6.07) is 15.8. The number of nitrogens with zero attached hydrogens (tertiary/aromatic N) is 1. The Morgan fingerprint density at radius 3 is 1.93 bits per heavy atom. The Balaban J connectivity index is 1.47. The Morgan fingerprint density at radius 1 is 0.966 bits per heavy atom. The Kier molecular flexibility index (Phi) is 6.65. The van der Waals surface area contributed by atoms with E-state index in [9.17, 15) is 4.79 Å². The largest absolute Gasteiger partial charge is 0.490 e. The van der Waals surface area contributed by atoms with Gasteiger partial charge in [0.2, 0.25) is 0 Å². The number of amides is 1. The fourth-order valence-electron chi connectivity index (χ4n) is 2.73. The van der Waals surface area contributed by atoms with E-state index >= 15 is 0 Å². The molecule has 2 aromatic carbocycles. The number of rotatable bonds is 6. The second-order valence-corrected chi connectivity index (χ2v) is 9.46. The molecule has 0 radical (unpaired) electrons. The van der Waals surface area contributed by atoms with Crippen molar-refractivity contribution >= 4 is 40.3 Å². The smallest absolute Gasteiger partial charge is 0.265 e. The van der Waals surface area contributed by atoms with E-state index in [1.807, 2.05) is 42.5 Å². The van der Waals surface area contributed by atoms with Crippen molar-refractivity contribution in [2.75, 3.05) is 20.3 Å². The van der Waals surface area contributed by atoms with E-state index in [2.05, 4.69) is 32.9 Å². The van der Waals surface area contributed by atoms with Crippen LogP contribution in [0.4, 0.5) is 0 Å². The third-order valence-corrected chi connectivity index (χ3v) is 5.99. The summed E-state index contributed by atoms with van der Waals surface area (Å²) in [5, 5.41) is 0. The van der Waals surface area contributed by atoms with Crippen LogP contribution in [0.1, 0.15) is 31.9 Å². The van der Waals surface area contributed by atoms with Crippen LogP contribution in [-0.4, -0.2) is 35.4 Å². The van der Waals surface area contributed by atoms with E-state index in [1.54, 1.807) is 7.05 Å². The zero-order valence-electron chi connectivity index (χ0n) is 17.1. The van der Waals surface area contributed by atoms with Crippen molar-refractivity contribution in [2.24, 2.45) is 0 Å². The number of likely N-dealkylation sites (N-methyl/N-ethyl adjacent to an activating group) is 1. The zero-order chi connectivity index (χ0) is 21.0. The van der Waals surface area contributed by atoms with Crippen molar-refractivity contribution in [3.8, 4) is 11.5 Å². The lowest BCUT2D eigenvalue weighted by Crippen LogP contribution is -2.22. The molecule has 0 aromatic heterocycles. The minimum Gasteiger partial charge on any atom is -0.490 e. The second-order valence-electron chi connectivity index (χ2n) is 7.78. The molecule has 0 atom stereocenters. The van der Waals surface area contributed by atoms with E-state index in [-0.39, 0.29) is 11.3 Å². The molecule has 1 aliphatic rings. The number of thioether (sulfide) groups is 1. The first-order valence-electron chi connectivity index (χ1n) is 9.42. The molecule has 0 bridgehead atoms. The third-order valence-electron chi connectivity index (χ3n) is 4.51. The number of ether oxygens (including phenoxy) is 2. The molecule has 4 nitrogen and oxygen atoms in total. The molecule has 0 unspecified atom stereocenters. The van der Waals surface area contributed by atoms with Crippen molar-refractivity contribution in [1.82, 2.24) is 4.90 Å². The van der Waals surface area contributed by atoms with Gasteiger partial charge in [-0.05, 0) is 46.9 Å². The molecular formula is C23H25NO3S2. The van der Waals surface area contributed by atoms with E-state index in [1.165, 1.54) is 22.2 Å². The summed E-state index contributed by atoms with van der Waals surface area (Å²) >= 11 is 6.46. The average Bonchev–Trinajstić information content (AvgIpc) is 2.93. The molecule has 152 valence electrons. The summed E-state index contributed by atoms with van der Waals surface area (Å²) in [4.78, 5) is 14.2. The van der Waals surface area contributed by atoms with E-state index in [0.717, 1.165) is 17.1 Å². The summed E-state index contributed by atoms with van der Waals surface area (Å²) in [6.45, 7) is 7.49. The predicted octanol–water partition coefficient (Wildman–Crippen LogP) is 5.27. The van der Waals surface area contributed by atoms with Crippen LogP contribution >= 0.6 is 24.0 Å². The first-order valence-corrected chi connectivity index (χ1v) is 10.6. The van der Waals surface area contributed by atoms with Gasteiger partial charge in [-0.1, -0.05) is 69.0 Å². The third kappa shape index (κ3) is 5.61. The molecule has 0 aliphatic carbocycles. The maximum absolute atomic E-state index is 12.1. The first kappa shape index (κ1) is 21.4. The Bertz CT molecular complexity index is 913. The van der Waals surface area contributed by atoms with Gasteiger partial charge < -0.3 is 9.47 Å². The SMILES string of the molecule is CN1C(=O)/C(=C\c2ccc(OCCOc3ccc(C(C)(C)C)cc3)cc2)SC1=S. The fourth-order valence-corrected chi connectivity index (χ4v) is 3.91. The molecular weight excluding hydrogens is 402 g/mol. The number of carbonyl (C=O) groups excluding carboxylic acids is 1. The van der Waals surface area contributed by atoms with Crippen LogP contribution < -0.4 is 9.47 Å². The lowest BCUT2D eigenvalue weighted by Gasteiger charge is -2.19. The molecule has 2 aromatic rings. The highest BCUT2D eigenvalue weighted by atomic mass is 32.2. The van der Waals surface area contributed by atoms with Crippen molar-refractivity contribution in [1.29, 1.82) is 0 Å². The Morgan fingerprint density at radius 2 is 1.48 bits per heavy atom. The van der Waals surface area contributed by atoms with Crippen molar-refractivity contribution < 1.29 is 14.3 Å². The standard InChI is InChI=1S/C23H25NO3S2/c1-23(2,3)17-7-11-19(12-8-17)27-14-13-26-18-9-5-16(6-10-18)15-20-21(25)24(4)22(28)29-20/h5-12,15H,13-14H2,1-4H3/b20-15+. The normalized spacial score (nSPS) is 15.9. The van der Waals surface area contributed by atoms with Gasteiger partial charge in [0.05, 0.1) is 4.91 Å². The molecule has 6 heteroatoms. The van der Waals surface area contributed by atoms with Gasteiger partial charge in [-0.15, -0.1) is 0 Å². The molecule has 0 spiro atoms. The molecule has 1 fully saturated rings. The topological polar surface area (TPSA) is 38.8 Å². The Hall–Kier alpha value is -2.31. The Labute approximate surface area is 181 Å². The van der Waals surface area contributed by atoms with Crippen molar-refractivity contribution in [3.63, 3.8) is 0 Å². The number of carbonyl (C=O) groups is 1. The van der Waals surface area contributed by atoms with Gasteiger partial charge in [0, 0.05) is 7.05 Å². The van der Waals surface area contributed by atoms with Gasteiger partial charge >= 0.3 is 0 Å². The number of hydrogen-bond acceptors (Lipinski definition) is 5. The van der Waals surface area contributed by atoms with Crippen LogP contribution in [0.2, 0.25) is 0 Å². The molecule has 29 heavy (non-hydrogen) atoms. The first-order chi connectivity index (χ1) is 13.7. The van der Waals surface area contributed by atoms with E-state index in [4.69, 9.17) is 21.7 Å². The predicted molar refractivity (Wildman–Crippen MR) is 124 cm³/mol. The summed E-state index contributed by atoms with van der Waals surface area (Å²) < 4.78 is 12.1. The van der Waals surface area contributed by atoms with Crippen LogP contribution in [0.25, 0.3) is 6.08 Å². The summed E-state index contributed by atoms with van der Waals surface area (Å²) in [7, 11) is 1.69. The molecule has 1 heterocycles. The van der Waals surface area contributed by atoms with Gasteiger partial charge in [0.15, 0.2) is 0 Å². The maximum atomic E-state index is 12.1. The van der Waals surface area contributed by atoms with Gasteiger partial charge in [-0.3, -0.25) is 9.69 Å². The van der Waals surface area contributed by atoms with E-state index < -0.39 is 0 Å². The summed E-state index contributed by atoms with van der Waals surface area (Å²) in [6.07, 6.45) is 1.84. The van der Waals surface area contributed by atoms with Crippen LogP contribution in [-0.2, 0) is 10.2 Å². The van der Waals surface area contributed by atoms with Crippen molar-refractivity contribution in [3.05, 3.63) is 64.6 Å². The van der Waals surface area contributed by atoms with E-state index in [0.29, 0.717) is 22.4 Å². The van der Waals surface area contributed by atoms with Crippen LogP contribution in [0.3, 0.4) is 0 Å². The molecule has 0 saturated carbocycles. The molecule has 1 saturated heterocycles. The highest BCUT2D eigenvalue weighted by Gasteiger charge is 2.28. The number of thiocarbonyl (C=S) groups is 1. The lowest BCUT2D eigenvalue weighted by molar-refractivity contribution is -0.121. The second kappa shape index (κ2) is 9.01. The highest BCUT2D eigenvalue weighted by Crippen LogP contribution is 2.31. The number of hydrogen-bond donors (Lipinski definition) is 0. The highest BCUT2D eigenvalue weighted by molar-refractivity contribution is 8.26. The van der Waals surface area contributed by atoms with Crippen LogP contribution in [0.15, 0.2) is 53.4 Å². The zero-order valence-corrected chi connectivity index (χ0v) is 18.7. The van der Waals surface area contributed by atoms with Gasteiger partial charge in [0.1, 0.15) is 29.0 Å². The molecule has 1 aliphatic heterocycles. The van der Waals surface area contributed by atoms with Gasteiger partial charge in [0.25, 0.3) is 5.91 Å². The molecule has 3 rings (SSSR count). The van der Waals surface area contributed by atoms with Crippen molar-refractivity contribution in [2.45, 2.75) is 26.2 Å². The van der Waals surface area contributed by atoms with Gasteiger partial charge in [-0.25, -0.2) is 0 Å². The summed E-state index contributed by atoms with van der Waals surface area (Å²) in [5.41, 5.74) is 2.35. The molecule has 1 amide bonds. The number of benzene rings is 2. The van der Waals surface area contributed by atoms with Crippen LogP contribution in [0.5, 0.6) is 11.5 Å². The fraction of sp³-hybridized carbons (Fsp3) is 0.304. The maximum Gasteiger partial charge on any atom is 0.265 e. The monoisotopic (exact) mass is 427 g/mol.